The van der Waals surface area contributed by atoms with Crippen LogP contribution in [-0.4, -0.2) is 55.7 Å². The molecule has 9 heteroatoms. The Morgan fingerprint density at radius 3 is 2.60 bits per heavy atom. The van der Waals surface area contributed by atoms with Crippen molar-refractivity contribution in [2.24, 2.45) is 0 Å². The number of amides is 1. The fourth-order valence-corrected chi connectivity index (χ4v) is 6.30. The average molecular weight is 539 g/mol. The smallest absolute Gasteiger partial charge is 0.354 e. The lowest BCUT2D eigenvalue weighted by molar-refractivity contribution is 0.0689. The van der Waals surface area contributed by atoms with Crippen molar-refractivity contribution in [2.75, 3.05) is 18.0 Å². The Bertz CT molecular complexity index is 1560. The molecule has 0 bridgehead atoms. The van der Waals surface area contributed by atoms with Crippen LogP contribution in [0, 0.1) is 6.92 Å². The van der Waals surface area contributed by atoms with Crippen molar-refractivity contribution in [3.05, 3.63) is 89.1 Å². The molecule has 1 saturated carbocycles. The lowest BCUT2D eigenvalue weighted by Gasteiger charge is -2.29. The number of carbonyl (C=O) groups excluding carboxylic acids is 1. The second-order valence-corrected chi connectivity index (χ2v) is 11.5. The van der Waals surface area contributed by atoms with Crippen molar-refractivity contribution in [2.45, 2.75) is 63.3 Å². The maximum Gasteiger partial charge on any atom is 0.354 e. The van der Waals surface area contributed by atoms with Gasteiger partial charge in [-0.3, -0.25) is 4.79 Å². The van der Waals surface area contributed by atoms with E-state index in [2.05, 4.69) is 68.6 Å². The zero-order chi connectivity index (χ0) is 27.9. The Morgan fingerprint density at radius 1 is 1.07 bits per heavy atom. The van der Waals surface area contributed by atoms with Gasteiger partial charge < -0.3 is 15.3 Å². The van der Waals surface area contributed by atoms with Gasteiger partial charge in [0.05, 0.1) is 11.9 Å². The molecular formula is C31H34N6O3. The van der Waals surface area contributed by atoms with Crippen LogP contribution >= 0.6 is 0 Å². The number of carboxylic acids is 1. The number of carboxylic acid groups (broad SMARTS) is 1. The highest BCUT2D eigenvalue weighted by Gasteiger charge is 2.35. The highest BCUT2D eigenvalue weighted by atomic mass is 16.4. The Balaban J connectivity index is 1.11. The molecule has 2 fully saturated rings. The minimum absolute atomic E-state index is 0.0352. The molecule has 206 valence electrons. The van der Waals surface area contributed by atoms with Crippen LogP contribution in [0.5, 0.6) is 0 Å². The lowest BCUT2D eigenvalue weighted by Crippen LogP contribution is -2.37. The summed E-state index contributed by atoms with van der Waals surface area (Å²) in [7, 11) is 0. The van der Waals surface area contributed by atoms with Gasteiger partial charge in [-0.05, 0) is 79.8 Å². The van der Waals surface area contributed by atoms with Gasteiger partial charge in [0.15, 0.2) is 5.65 Å². The van der Waals surface area contributed by atoms with Crippen LogP contribution in [0.15, 0.2) is 60.9 Å². The van der Waals surface area contributed by atoms with Gasteiger partial charge in [0.25, 0.3) is 5.91 Å². The van der Waals surface area contributed by atoms with Crippen molar-refractivity contribution in [1.29, 1.82) is 0 Å². The van der Waals surface area contributed by atoms with E-state index >= 15 is 0 Å². The minimum atomic E-state index is -1.02. The Hall–Kier alpha value is -4.27. The minimum Gasteiger partial charge on any atom is -0.477 e. The topological polar surface area (TPSA) is 113 Å². The maximum absolute atomic E-state index is 13.1. The number of aryl methyl sites for hydroxylation is 1. The molecular weight excluding hydrogens is 504 g/mol. The largest absolute Gasteiger partial charge is 0.477 e. The molecule has 3 aromatic heterocycles. The molecule has 6 rings (SSSR count). The molecule has 0 radical (unpaired) electrons. The van der Waals surface area contributed by atoms with E-state index in [0.29, 0.717) is 5.65 Å². The number of nitrogens with one attached hydrogen (secondary N) is 1. The van der Waals surface area contributed by atoms with E-state index in [4.69, 9.17) is 0 Å². The third-order valence-electron chi connectivity index (χ3n) is 8.65. The van der Waals surface area contributed by atoms with Crippen LogP contribution in [-0.2, 0) is 5.41 Å². The average Bonchev–Trinajstić information content (AvgIpc) is 3.59. The first kappa shape index (κ1) is 26.0. The number of aromatic carboxylic acids is 1. The van der Waals surface area contributed by atoms with Crippen molar-refractivity contribution < 1.29 is 14.7 Å². The van der Waals surface area contributed by atoms with Crippen molar-refractivity contribution in [3.8, 4) is 0 Å². The molecule has 9 nitrogen and oxygen atoms in total. The van der Waals surface area contributed by atoms with Gasteiger partial charge in [-0.25, -0.2) is 19.3 Å². The van der Waals surface area contributed by atoms with Gasteiger partial charge in [0.2, 0.25) is 5.82 Å². The van der Waals surface area contributed by atoms with Crippen molar-refractivity contribution in [1.82, 2.24) is 24.9 Å². The fraction of sp³-hybridized carbons (Fsp3) is 0.387. The van der Waals surface area contributed by atoms with Crippen molar-refractivity contribution in [3.63, 3.8) is 0 Å². The summed E-state index contributed by atoms with van der Waals surface area (Å²) in [5.41, 5.74) is 5.26. The summed E-state index contributed by atoms with van der Waals surface area (Å²) in [5.74, 6) is -0.838. The third kappa shape index (κ3) is 5.03. The van der Waals surface area contributed by atoms with Gasteiger partial charge in [0.1, 0.15) is 5.69 Å². The molecule has 4 heterocycles. The summed E-state index contributed by atoms with van der Waals surface area (Å²) in [6, 6.07) is 16.4. The Kier molecular flexibility index (Phi) is 6.73. The van der Waals surface area contributed by atoms with Crippen LogP contribution in [0.3, 0.4) is 0 Å². The molecule has 0 unspecified atom stereocenters. The van der Waals surface area contributed by atoms with Gasteiger partial charge in [-0.2, -0.15) is 0 Å². The van der Waals surface area contributed by atoms with Crippen LogP contribution in [0.25, 0.3) is 5.65 Å². The number of rotatable bonds is 6. The maximum atomic E-state index is 13.1. The summed E-state index contributed by atoms with van der Waals surface area (Å²) >= 11 is 0. The zero-order valence-corrected chi connectivity index (χ0v) is 22.9. The summed E-state index contributed by atoms with van der Waals surface area (Å²) in [6.45, 7) is 6.21. The predicted octanol–water partition coefficient (Wildman–Crippen LogP) is 4.76. The number of carbonyl (C=O) groups is 2. The number of hydrogen-bond acceptors (Lipinski definition) is 6. The molecule has 2 aliphatic rings. The monoisotopic (exact) mass is 538 g/mol. The summed E-state index contributed by atoms with van der Waals surface area (Å²) in [6.07, 6.45) is 7.97. The van der Waals surface area contributed by atoms with E-state index in [0.717, 1.165) is 62.0 Å². The van der Waals surface area contributed by atoms with Gasteiger partial charge in [0, 0.05) is 30.7 Å². The molecule has 4 aromatic rings. The molecule has 2 N–H and O–H groups in total. The molecule has 40 heavy (non-hydrogen) atoms. The quantitative estimate of drug-likeness (QED) is 0.364. The molecule has 1 atom stereocenters. The number of nitrogens with zero attached hydrogens (tertiary/aromatic N) is 5. The Labute approximate surface area is 233 Å². The van der Waals surface area contributed by atoms with E-state index in [1.165, 1.54) is 5.56 Å². The lowest BCUT2D eigenvalue weighted by atomic mass is 9.82. The number of anilines is 1. The second-order valence-electron chi connectivity index (χ2n) is 11.5. The molecule has 1 amide bonds. The van der Waals surface area contributed by atoms with Crippen LogP contribution in [0.1, 0.15) is 82.7 Å². The third-order valence-corrected chi connectivity index (χ3v) is 8.65. The van der Waals surface area contributed by atoms with E-state index in [-0.39, 0.29) is 34.8 Å². The predicted molar refractivity (Wildman–Crippen MR) is 152 cm³/mol. The molecule has 1 saturated heterocycles. The first-order valence-corrected chi connectivity index (χ1v) is 14.0. The highest BCUT2D eigenvalue weighted by molar-refractivity contribution is 5.91. The number of fused-ring (bicyclic) bond motifs is 1. The molecule has 0 spiro atoms. The van der Waals surface area contributed by atoms with Crippen LogP contribution < -0.4 is 10.2 Å². The standard InChI is InChI=1S/C31H34N6O3/c1-20-16-25(36-15-13-31(2,19-36)23-6-4-3-5-7-23)18-37-28(20)34-27(35-37)29(38)33-24-10-8-21(9-11-24)22-12-14-32-26(17-22)30(39)40/h3-7,12,14,16-18,21,24H,8-11,13,15,19H2,1-2H3,(H,33,38)(H,39,40)/t21?,24?,31-/m0/s1. The summed E-state index contributed by atoms with van der Waals surface area (Å²) in [4.78, 5) is 35.3. The normalized spacial score (nSPS) is 22.9. The van der Waals surface area contributed by atoms with Crippen LogP contribution in [0.4, 0.5) is 5.69 Å². The number of pyridine rings is 2. The fourth-order valence-electron chi connectivity index (χ4n) is 6.30. The van der Waals surface area contributed by atoms with E-state index < -0.39 is 5.97 Å². The first-order chi connectivity index (χ1) is 19.3. The van der Waals surface area contributed by atoms with Crippen molar-refractivity contribution >= 4 is 23.2 Å². The summed E-state index contributed by atoms with van der Waals surface area (Å²) in [5, 5.41) is 16.9. The van der Waals surface area contributed by atoms with E-state index in [9.17, 15) is 14.7 Å². The van der Waals surface area contributed by atoms with Gasteiger partial charge >= 0.3 is 5.97 Å². The molecule has 1 aromatic carbocycles. The van der Waals surface area contributed by atoms with Crippen LogP contribution in [0.2, 0.25) is 0 Å². The van der Waals surface area contributed by atoms with Gasteiger partial charge in [-0.15, -0.1) is 5.10 Å². The Morgan fingerprint density at radius 2 is 1.85 bits per heavy atom. The van der Waals surface area contributed by atoms with E-state index in [1.807, 2.05) is 19.2 Å². The second kappa shape index (κ2) is 10.4. The molecule has 1 aliphatic heterocycles. The zero-order valence-electron chi connectivity index (χ0n) is 22.9. The summed E-state index contributed by atoms with van der Waals surface area (Å²) < 4.78 is 1.73. The molecule has 1 aliphatic carbocycles. The van der Waals surface area contributed by atoms with Gasteiger partial charge in [-0.1, -0.05) is 37.3 Å². The SMILES string of the molecule is Cc1cc(N2CC[C@](C)(c3ccccc3)C2)cn2nc(C(=O)NC3CCC(c4ccnc(C(=O)O)c4)CC3)nc12. The number of hydrogen-bond donors (Lipinski definition) is 2. The number of benzene rings is 1. The number of aromatic nitrogens is 4. The first-order valence-electron chi connectivity index (χ1n) is 14.0. The highest BCUT2D eigenvalue weighted by Crippen LogP contribution is 2.37. The van der Waals surface area contributed by atoms with E-state index in [1.54, 1.807) is 16.8 Å².